The summed E-state index contributed by atoms with van der Waals surface area (Å²) in [6, 6.07) is 8.19. The molecule has 178 valence electrons. The van der Waals surface area contributed by atoms with E-state index in [9.17, 15) is 4.79 Å². The smallest absolute Gasteiger partial charge is 0.231 e. The van der Waals surface area contributed by atoms with E-state index in [0.29, 0.717) is 25.4 Å². The van der Waals surface area contributed by atoms with Crippen molar-refractivity contribution in [3.63, 3.8) is 0 Å². The summed E-state index contributed by atoms with van der Waals surface area (Å²) in [5.74, 6) is 4.63. The Kier molecular flexibility index (Phi) is 9.07. The third-order valence-corrected chi connectivity index (χ3v) is 7.33. The third kappa shape index (κ3) is 6.44. The maximum absolute atomic E-state index is 12.7. The Labute approximate surface area is 201 Å². The predicted octanol–water partition coefficient (Wildman–Crippen LogP) is 4.80. The lowest BCUT2D eigenvalue weighted by molar-refractivity contribution is -0.119. The second kappa shape index (κ2) is 12.0. The molecule has 0 radical (unpaired) electrons. The van der Waals surface area contributed by atoms with Gasteiger partial charge in [-0.05, 0) is 37.8 Å². The molecule has 1 aliphatic rings. The first kappa shape index (κ1) is 25.0. The molecular weight excluding hydrogens is 434 g/mol. The molecule has 0 spiro atoms. The van der Waals surface area contributed by atoms with Gasteiger partial charge >= 0.3 is 0 Å². The molecule has 0 atom stereocenters. The van der Waals surface area contributed by atoms with Gasteiger partial charge in [-0.2, -0.15) is 0 Å². The Hall–Kier alpha value is -2.66. The van der Waals surface area contributed by atoms with Crippen LogP contribution in [0.3, 0.4) is 0 Å². The van der Waals surface area contributed by atoms with Gasteiger partial charge in [0.05, 0.1) is 19.4 Å². The number of hydrogen-bond acceptors (Lipinski definition) is 6. The quantitative estimate of drug-likeness (QED) is 0.363. The van der Waals surface area contributed by atoms with Gasteiger partial charge in [-0.3, -0.25) is 4.79 Å². The van der Waals surface area contributed by atoms with E-state index in [4.69, 9.17) is 11.2 Å². The largest absolute Gasteiger partial charge is 0.497 e. The Balaban J connectivity index is 1.72. The van der Waals surface area contributed by atoms with E-state index in [1.165, 1.54) is 31.0 Å². The molecule has 3 rings (SSSR count). The Morgan fingerprint density at radius 1 is 1.27 bits per heavy atom. The highest BCUT2D eigenvalue weighted by molar-refractivity contribution is 7.99. The van der Waals surface area contributed by atoms with Crippen LogP contribution in [0.1, 0.15) is 70.7 Å². The lowest BCUT2D eigenvalue weighted by Crippen LogP contribution is -2.47. The molecule has 0 aliphatic heterocycles. The van der Waals surface area contributed by atoms with Crippen molar-refractivity contribution in [1.29, 1.82) is 0 Å². The van der Waals surface area contributed by atoms with Crippen LogP contribution in [0.2, 0.25) is 0 Å². The highest BCUT2D eigenvalue weighted by Gasteiger charge is 2.27. The number of anilines is 1. The number of benzene rings is 1. The Morgan fingerprint density at radius 3 is 2.70 bits per heavy atom. The zero-order valence-electron chi connectivity index (χ0n) is 19.9. The van der Waals surface area contributed by atoms with Crippen molar-refractivity contribution in [3.8, 4) is 18.1 Å². The highest BCUT2D eigenvalue weighted by atomic mass is 32.2. The van der Waals surface area contributed by atoms with Gasteiger partial charge in [-0.1, -0.05) is 56.9 Å². The van der Waals surface area contributed by atoms with Crippen LogP contribution >= 0.6 is 11.8 Å². The number of ether oxygens (including phenoxy) is 1. The van der Waals surface area contributed by atoms with Crippen LogP contribution in [-0.2, 0) is 11.3 Å². The predicted molar refractivity (Wildman–Crippen MR) is 133 cm³/mol. The van der Waals surface area contributed by atoms with Gasteiger partial charge in [0, 0.05) is 17.8 Å². The summed E-state index contributed by atoms with van der Waals surface area (Å²) in [6.45, 7) is 4.55. The summed E-state index contributed by atoms with van der Waals surface area (Å²) in [5, 5.41) is 16.2. The van der Waals surface area contributed by atoms with Gasteiger partial charge in [0.15, 0.2) is 11.0 Å². The van der Waals surface area contributed by atoms with E-state index in [0.717, 1.165) is 35.3 Å². The average molecular weight is 470 g/mol. The third-order valence-electron chi connectivity index (χ3n) is 6.39. The second-order valence-corrected chi connectivity index (χ2v) is 9.36. The summed E-state index contributed by atoms with van der Waals surface area (Å²) in [5.41, 5.74) is 0.381. The molecule has 1 aromatic carbocycles. The van der Waals surface area contributed by atoms with E-state index in [1.54, 1.807) is 7.11 Å². The van der Waals surface area contributed by atoms with Crippen molar-refractivity contribution in [2.75, 3.05) is 18.2 Å². The summed E-state index contributed by atoms with van der Waals surface area (Å²) in [6.07, 6.45) is 13.0. The molecule has 0 bridgehead atoms. The standard InChI is InChI=1S/C25H35N5O2S/c1-5-25(6-2,7-3)27-23(31)18-33-24-29-28-22(30(24)20-13-9-8-10-14-20)17-26-19-12-11-15-21(16-19)32-4/h1,11-12,15-16,20,26H,6-10,13-14,17-18H2,2-4H3,(H,27,31). The monoisotopic (exact) mass is 469 g/mol. The van der Waals surface area contributed by atoms with Crippen molar-refractivity contribution < 1.29 is 9.53 Å². The number of carbonyl (C=O) groups excluding carboxylic acids is 1. The number of amides is 1. The van der Waals surface area contributed by atoms with Gasteiger partial charge in [-0.15, -0.1) is 16.6 Å². The summed E-state index contributed by atoms with van der Waals surface area (Å²) >= 11 is 1.43. The van der Waals surface area contributed by atoms with Crippen LogP contribution in [0.4, 0.5) is 5.69 Å². The van der Waals surface area contributed by atoms with Crippen LogP contribution in [0.5, 0.6) is 5.75 Å². The topological polar surface area (TPSA) is 81.1 Å². The molecular formula is C25H35N5O2S. The SMILES string of the molecule is C#CC(CC)(CC)NC(=O)CSc1nnc(CNc2cccc(OC)c2)n1C1CCCCC1. The summed E-state index contributed by atoms with van der Waals surface area (Å²) < 4.78 is 7.55. The van der Waals surface area contributed by atoms with E-state index in [-0.39, 0.29) is 11.7 Å². The van der Waals surface area contributed by atoms with Crippen LogP contribution in [0.25, 0.3) is 0 Å². The minimum absolute atomic E-state index is 0.0732. The molecule has 1 saturated carbocycles. The van der Waals surface area contributed by atoms with Gasteiger partial charge in [0.1, 0.15) is 11.3 Å². The molecule has 1 heterocycles. The van der Waals surface area contributed by atoms with Crippen LogP contribution in [-0.4, -0.2) is 39.1 Å². The van der Waals surface area contributed by atoms with Crippen LogP contribution < -0.4 is 15.4 Å². The molecule has 2 N–H and O–H groups in total. The number of thioether (sulfide) groups is 1. The minimum Gasteiger partial charge on any atom is -0.497 e. The highest BCUT2D eigenvalue weighted by Crippen LogP contribution is 2.33. The second-order valence-electron chi connectivity index (χ2n) is 8.42. The number of terminal acetylenes is 1. The fourth-order valence-electron chi connectivity index (χ4n) is 4.25. The van der Waals surface area contributed by atoms with E-state index < -0.39 is 5.54 Å². The molecule has 8 heteroatoms. The number of rotatable bonds is 11. The van der Waals surface area contributed by atoms with Crippen LogP contribution in [0, 0.1) is 12.3 Å². The molecule has 1 fully saturated rings. The van der Waals surface area contributed by atoms with Gasteiger partial charge < -0.3 is 19.9 Å². The molecule has 1 aromatic heterocycles. The molecule has 7 nitrogen and oxygen atoms in total. The van der Waals surface area contributed by atoms with Crippen LogP contribution in [0.15, 0.2) is 29.4 Å². The van der Waals surface area contributed by atoms with Crippen molar-refractivity contribution in [2.45, 2.75) is 82.1 Å². The van der Waals surface area contributed by atoms with E-state index in [2.05, 4.69) is 31.3 Å². The first-order valence-corrected chi connectivity index (χ1v) is 12.8. The molecule has 1 aliphatic carbocycles. The number of methoxy groups -OCH3 is 1. The number of nitrogens with one attached hydrogen (secondary N) is 2. The number of hydrogen-bond donors (Lipinski definition) is 2. The number of aromatic nitrogens is 3. The molecule has 33 heavy (non-hydrogen) atoms. The van der Waals surface area contributed by atoms with Crippen molar-refractivity contribution in [1.82, 2.24) is 20.1 Å². The normalized spacial score (nSPS) is 14.5. The summed E-state index contributed by atoms with van der Waals surface area (Å²) in [7, 11) is 1.66. The zero-order valence-corrected chi connectivity index (χ0v) is 20.7. The molecule has 0 saturated heterocycles. The molecule has 2 aromatic rings. The number of nitrogens with zero attached hydrogens (tertiary/aromatic N) is 3. The minimum atomic E-state index is -0.583. The number of carbonyl (C=O) groups is 1. The lowest BCUT2D eigenvalue weighted by Gasteiger charge is -2.27. The van der Waals surface area contributed by atoms with Crippen molar-refractivity contribution in [3.05, 3.63) is 30.1 Å². The molecule has 1 amide bonds. The molecule has 0 unspecified atom stereocenters. The van der Waals surface area contributed by atoms with E-state index in [1.807, 2.05) is 38.1 Å². The fraction of sp³-hybridized carbons (Fsp3) is 0.560. The Bertz CT molecular complexity index is 958. The van der Waals surface area contributed by atoms with Crippen molar-refractivity contribution in [2.24, 2.45) is 0 Å². The lowest BCUT2D eigenvalue weighted by atomic mass is 9.94. The maximum atomic E-state index is 12.7. The van der Waals surface area contributed by atoms with Gasteiger partial charge in [-0.25, -0.2) is 0 Å². The summed E-state index contributed by atoms with van der Waals surface area (Å²) in [4.78, 5) is 12.7. The van der Waals surface area contributed by atoms with Gasteiger partial charge in [0.2, 0.25) is 5.91 Å². The zero-order chi connectivity index (χ0) is 23.7. The first-order valence-electron chi connectivity index (χ1n) is 11.8. The van der Waals surface area contributed by atoms with Crippen molar-refractivity contribution >= 4 is 23.4 Å². The maximum Gasteiger partial charge on any atom is 0.231 e. The average Bonchev–Trinajstić information content (AvgIpc) is 3.28. The first-order chi connectivity index (χ1) is 16.0. The Morgan fingerprint density at radius 2 is 2.03 bits per heavy atom. The van der Waals surface area contributed by atoms with Gasteiger partial charge in [0.25, 0.3) is 0 Å². The fourth-order valence-corrected chi connectivity index (χ4v) is 5.07. The van der Waals surface area contributed by atoms with E-state index >= 15 is 0 Å².